The molecule has 0 amide bonds. The Hall–Kier alpha value is -0.630. The van der Waals surface area contributed by atoms with E-state index in [0.29, 0.717) is 0 Å². The highest BCUT2D eigenvalue weighted by Gasteiger charge is 1.88. The van der Waals surface area contributed by atoms with Gasteiger partial charge in [0.25, 0.3) is 0 Å². The standard InChI is InChI=1S/C8H11NS.C2H6/c1-9-7-3-5-8(10-2)6-4-7;1-2/h3-6,9H,1-2H3;1-2H3. The van der Waals surface area contributed by atoms with Gasteiger partial charge in [0, 0.05) is 17.6 Å². The van der Waals surface area contributed by atoms with E-state index in [9.17, 15) is 0 Å². The van der Waals surface area contributed by atoms with Gasteiger partial charge in [-0.05, 0) is 30.5 Å². The predicted molar refractivity (Wildman–Crippen MR) is 59.1 cm³/mol. The maximum Gasteiger partial charge on any atom is 0.0338 e. The summed E-state index contributed by atoms with van der Waals surface area (Å²) >= 11 is 1.76. The monoisotopic (exact) mass is 183 g/mol. The molecule has 12 heavy (non-hydrogen) atoms. The largest absolute Gasteiger partial charge is 0.388 e. The third-order valence-electron chi connectivity index (χ3n) is 1.38. The molecule has 0 saturated heterocycles. The molecule has 0 bridgehead atoms. The fourth-order valence-corrected chi connectivity index (χ4v) is 1.17. The minimum Gasteiger partial charge on any atom is -0.388 e. The van der Waals surface area contributed by atoms with Gasteiger partial charge >= 0.3 is 0 Å². The van der Waals surface area contributed by atoms with Crippen LogP contribution in [0.15, 0.2) is 29.2 Å². The van der Waals surface area contributed by atoms with Crippen LogP contribution in [0.5, 0.6) is 0 Å². The Kier molecular flexibility index (Phi) is 6.67. The zero-order valence-electron chi connectivity index (χ0n) is 8.22. The van der Waals surface area contributed by atoms with Crippen LogP contribution >= 0.6 is 11.8 Å². The van der Waals surface area contributed by atoms with Crippen LogP contribution in [0, 0.1) is 0 Å². The van der Waals surface area contributed by atoms with Crippen LogP contribution in [0.4, 0.5) is 5.69 Å². The minimum atomic E-state index is 1.16. The van der Waals surface area contributed by atoms with E-state index < -0.39 is 0 Å². The van der Waals surface area contributed by atoms with Gasteiger partial charge in [-0.15, -0.1) is 11.8 Å². The highest BCUT2D eigenvalue weighted by molar-refractivity contribution is 7.98. The normalized spacial score (nSPS) is 8.33. The third-order valence-corrected chi connectivity index (χ3v) is 2.12. The maximum absolute atomic E-state index is 3.07. The van der Waals surface area contributed by atoms with Gasteiger partial charge in [-0.1, -0.05) is 13.8 Å². The molecule has 0 spiro atoms. The molecule has 0 unspecified atom stereocenters. The van der Waals surface area contributed by atoms with E-state index in [2.05, 4.69) is 35.8 Å². The molecule has 0 saturated carbocycles. The molecule has 68 valence electrons. The number of hydrogen-bond acceptors (Lipinski definition) is 2. The zero-order valence-corrected chi connectivity index (χ0v) is 9.03. The molecule has 2 heteroatoms. The van der Waals surface area contributed by atoms with Crippen LogP contribution < -0.4 is 5.32 Å². The van der Waals surface area contributed by atoms with Crippen molar-refractivity contribution >= 4 is 17.4 Å². The Morgan fingerprint density at radius 3 is 1.92 bits per heavy atom. The fraction of sp³-hybridized carbons (Fsp3) is 0.400. The molecule has 0 aliphatic carbocycles. The van der Waals surface area contributed by atoms with Gasteiger partial charge in [-0.25, -0.2) is 0 Å². The van der Waals surface area contributed by atoms with E-state index in [-0.39, 0.29) is 0 Å². The molecular weight excluding hydrogens is 166 g/mol. The first kappa shape index (κ1) is 11.4. The van der Waals surface area contributed by atoms with Gasteiger partial charge in [0.1, 0.15) is 0 Å². The second-order valence-electron chi connectivity index (χ2n) is 1.98. The molecule has 1 rings (SSSR count). The molecule has 1 nitrogen and oxygen atoms in total. The SMILES string of the molecule is CC.CNc1ccc(SC)cc1. The van der Waals surface area contributed by atoms with Crippen molar-refractivity contribution in [2.45, 2.75) is 18.7 Å². The summed E-state index contributed by atoms with van der Waals surface area (Å²) in [4.78, 5) is 1.30. The first-order chi connectivity index (χ1) is 5.86. The van der Waals surface area contributed by atoms with Gasteiger partial charge in [0.2, 0.25) is 0 Å². The van der Waals surface area contributed by atoms with E-state index in [4.69, 9.17) is 0 Å². The highest BCUT2D eigenvalue weighted by Crippen LogP contribution is 2.16. The van der Waals surface area contributed by atoms with Gasteiger partial charge < -0.3 is 5.32 Å². The maximum atomic E-state index is 3.07. The summed E-state index contributed by atoms with van der Waals surface area (Å²) in [5.41, 5.74) is 1.16. The molecule has 0 radical (unpaired) electrons. The Morgan fingerprint density at radius 2 is 1.58 bits per heavy atom. The lowest BCUT2D eigenvalue weighted by Crippen LogP contribution is -1.85. The summed E-state index contributed by atoms with van der Waals surface area (Å²) in [5, 5.41) is 3.07. The van der Waals surface area contributed by atoms with Crippen LogP contribution in [0.2, 0.25) is 0 Å². The van der Waals surface area contributed by atoms with Crippen molar-refractivity contribution in [2.24, 2.45) is 0 Å². The van der Waals surface area contributed by atoms with Crippen molar-refractivity contribution in [3.8, 4) is 0 Å². The average Bonchev–Trinajstić information content (AvgIpc) is 2.21. The van der Waals surface area contributed by atoms with Crippen molar-refractivity contribution in [2.75, 3.05) is 18.6 Å². The van der Waals surface area contributed by atoms with Gasteiger partial charge in [-0.3, -0.25) is 0 Å². The molecule has 0 aliphatic heterocycles. The van der Waals surface area contributed by atoms with E-state index in [1.165, 1.54) is 4.90 Å². The number of nitrogens with one attached hydrogen (secondary N) is 1. The Balaban J connectivity index is 0.000000561. The summed E-state index contributed by atoms with van der Waals surface area (Å²) in [6.45, 7) is 4.00. The summed E-state index contributed by atoms with van der Waals surface area (Å²) in [6, 6.07) is 8.37. The summed E-state index contributed by atoms with van der Waals surface area (Å²) in [5.74, 6) is 0. The van der Waals surface area contributed by atoms with Crippen molar-refractivity contribution < 1.29 is 0 Å². The topological polar surface area (TPSA) is 12.0 Å². The quantitative estimate of drug-likeness (QED) is 0.704. The van der Waals surface area contributed by atoms with Crippen molar-refractivity contribution in [3.63, 3.8) is 0 Å². The third kappa shape index (κ3) is 3.67. The molecule has 0 aliphatic rings. The van der Waals surface area contributed by atoms with Crippen LogP contribution in [0.3, 0.4) is 0 Å². The molecule has 0 heterocycles. The van der Waals surface area contributed by atoms with Crippen LogP contribution in [-0.4, -0.2) is 13.3 Å². The number of hydrogen-bond donors (Lipinski definition) is 1. The lowest BCUT2D eigenvalue weighted by Gasteiger charge is -1.99. The minimum absolute atomic E-state index is 1.16. The summed E-state index contributed by atoms with van der Waals surface area (Å²) in [6.07, 6.45) is 2.08. The average molecular weight is 183 g/mol. The zero-order chi connectivity index (χ0) is 9.40. The van der Waals surface area contributed by atoms with Gasteiger partial charge in [0.05, 0.1) is 0 Å². The summed E-state index contributed by atoms with van der Waals surface area (Å²) < 4.78 is 0. The second-order valence-corrected chi connectivity index (χ2v) is 2.86. The smallest absolute Gasteiger partial charge is 0.0338 e. The number of anilines is 1. The molecular formula is C10H17NS. The molecule has 0 fully saturated rings. The van der Waals surface area contributed by atoms with E-state index in [1.54, 1.807) is 11.8 Å². The number of thioether (sulfide) groups is 1. The molecule has 0 aromatic heterocycles. The van der Waals surface area contributed by atoms with Crippen molar-refractivity contribution in [3.05, 3.63) is 24.3 Å². The van der Waals surface area contributed by atoms with Crippen molar-refractivity contribution in [1.29, 1.82) is 0 Å². The van der Waals surface area contributed by atoms with Gasteiger partial charge in [0.15, 0.2) is 0 Å². The second kappa shape index (κ2) is 7.04. The fourth-order valence-electron chi connectivity index (χ4n) is 0.758. The van der Waals surface area contributed by atoms with Crippen LogP contribution in [0.1, 0.15) is 13.8 Å². The molecule has 1 aromatic carbocycles. The number of benzene rings is 1. The molecule has 1 aromatic rings. The van der Waals surface area contributed by atoms with E-state index in [1.807, 2.05) is 20.9 Å². The van der Waals surface area contributed by atoms with Crippen LogP contribution in [-0.2, 0) is 0 Å². The first-order valence-corrected chi connectivity index (χ1v) is 5.41. The lowest BCUT2D eigenvalue weighted by atomic mass is 10.3. The highest BCUT2D eigenvalue weighted by atomic mass is 32.2. The Bertz CT molecular complexity index is 170. The Morgan fingerprint density at radius 1 is 1.08 bits per heavy atom. The molecule has 1 N–H and O–H groups in total. The van der Waals surface area contributed by atoms with E-state index >= 15 is 0 Å². The predicted octanol–water partition coefficient (Wildman–Crippen LogP) is 3.48. The number of rotatable bonds is 2. The Labute approximate surface area is 79.6 Å². The van der Waals surface area contributed by atoms with Crippen molar-refractivity contribution in [1.82, 2.24) is 0 Å². The summed E-state index contributed by atoms with van der Waals surface area (Å²) in [7, 11) is 1.92. The first-order valence-electron chi connectivity index (χ1n) is 4.18. The van der Waals surface area contributed by atoms with Crippen LogP contribution in [0.25, 0.3) is 0 Å². The lowest BCUT2D eigenvalue weighted by molar-refractivity contribution is 1.43. The van der Waals surface area contributed by atoms with E-state index in [0.717, 1.165) is 5.69 Å². The van der Waals surface area contributed by atoms with Gasteiger partial charge in [-0.2, -0.15) is 0 Å². The molecule has 0 atom stereocenters.